The summed E-state index contributed by atoms with van der Waals surface area (Å²) in [6, 6.07) is 6.42. The Kier molecular flexibility index (Phi) is 5.07. The summed E-state index contributed by atoms with van der Waals surface area (Å²) in [5.41, 5.74) is 1.42. The number of pyridine rings is 1. The van der Waals surface area contributed by atoms with Crippen LogP contribution in [-0.2, 0) is 11.3 Å². The highest BCUT2D eigenvalue weighted by atomic mass is 16.2. The van der Waals surface area contributed by atoms with Crippen molar-refractivity contribution < 1.29 is 9.59 Å². The highest BCUT2D eigenvalue weighted by molar-refractivity contribution is 6.01. The molecule has 0 unspecified atom stereocenters. The molecule has 3 heterocycles. The molecule has 0 saturated carbocycles. The molecule has 0 aromatic carbocycles. The molecule has 0 atom stereocenters. The van der Waals surface area contributed by atoms with E-state index in [0.29, 0.717) is 36.3 Å². The normalized spacial score (nSPS) is 10.7. The molecule has 3 aromatic rings. The number of aryl methyl sites for hydroxylation is 1. The highest BCUT2D eigenvalue weighted by Crippen LogP contribution is 2.16. The lowest BCUT2D eigenvalue weighted by Crippen LogP contribution is -2.27. The molecule has 0 fully saturated rings. The van der Waals surface area contributed by atoms with Crippen molar-refractivity contribution in [3.05, 3.63) is 58.8 Å². The van der Waals surface area contributed by atoms with Crippen LogP contribution >= 0.6 is 0 Å². The molecule has 0 bridgehead atoms. The number of rotatable bonds is 6. The Hall–Kier alpha value is -3.49. The van der Waals surface area contributed by atoms with Crippen molar-refractivity contribution in [1.29, 1.82) is 0 Å². The number of aromatic nitrogens is 4. The lowest BCUT2D eigenvalue weighted by molar-refractivity contribution is -0.114. The monoisotopic (exact) mass is 354 g/mol. The van der Waals surface area contributed by atoms with Crippen molar-refractivity contribution in [3.8, 4) is 0 Å². The van der Waals surface area contributed by atoms with Crippen LogP contribution in [0.25, 0.3) is 5.52 Å². The molecule has 26 heavy (non-hydrogen) atoms. The van der Waals surface area contributed by atoms with E-state index in [1.807, 2.05) is 0 Å². The van der Waals surface area contributed by atoms with Crippen LogP contribution in [0.4, 0.5) is 5.69 Å². The zero-order chi connectivity index (χ0) is 18.5. The fourth-order valence-corrected chi connectivity index (χ4v) is 2.52. The minimum Gasteiger partial charge on any atom is -0.352 e. The summed E-state index contributed by atoms with van der Waals surface area (Å²) in [4.78, 5) is 35.1. The van der Waals surface area contributed by atoms with Gasteiger partial charge in [-0.2, -0.15) is 10.2 Å². The van der Waals surface area contributed by atoms with E-state index in [1.165, 1.54) is 23.9 Å². The average Bonchev–Trinajstić information content (AvgIpc) is 3.02. The highest BCUT2D eigenvalue weighted by Gasteiger charge is 2.13. The number of nitrogens with one attached hydrogen (secondary N) is 2. The number of anilines is 1. The molecular weight excluding hydrogens is 336 g/mol. The van der Waals surface area contributed by atoms with Gasteiger partial charge in [-0.3, -0.25) is 14.4 Å². The third kappa shape index (κ3) is 3.94. The van der Waals surface area contributed by atoms with Gasteiger partial charge in [-0.05, 0) is 24.6 Å². The summed E-state index contributed by atoms with van der Waals surface area (Å²) in [5, 5.41) is 13.6. The van der Waals surface area contributed by atoms with Crippen LogP contribution < -0.4 is 16.2 Å². The van der Waals surface area contributed by atoms with Crippen LogP contribution in [0.2, 0.25) is 0 Å². The van der Waals surface area contributed by atoms with Crippen LogP contribution in [0.15, 0.2) is 47.7 Å². The van der Waals surface area contributed by atoms with Gasteiger partial charge < -0.3 is 10.6 Å². The first kappa shape index (κ1) is 17.3. The van der Waals surface area contributed by atoms with Crippen LogP contribution in [0.5, 0.6) is 0 Å². The molecule has 3 aromatic heterocycles. The second-order valence-electron chi connectivity index (χ2n) is 5.68. The third-order valence-corrected chi connectivity index (χ3v) is 3.70. The van der Waals surface area contributed by atoms with Gasteiger partial charge >= 0.3 is 0 Å². The summed E-state index contributed by atoms with van der Waals surface area (Å²) in [6.07, 6.45) is 5.26. The molecule has 134 valence electrons. The zero-order valence-electron chi connectivity index (χ0n) is 14.2. The summed E-state index contributed by atoms with van der Waals surface area (Å²) >= 11 is 0. The van der Waals surface area contributed by atoms with Gasteiger partial charge in [0, 0.05) is 44.2 Å². The van der Waals surface area contributed by atoms with Gasteiger partial charge in [-0.25, -0.2) is 9.20 Å². The molecule has 0 aliphatic carbocycles. The quantitative estimate of drug-likeness (QED) is 0.632. The van der Waals surface area contributed by atoms with Crippen LogP contribution in [0.1, 0.15) is 23.7 Å². The molecule has 9 nitrogen and oxygen atoms in total. The Bertz CT molecular complexity index is 1010. The van der Waals surface area contributed by atoms with Crippen molar-refractivity contribution in [1.82, 2.24) is 24.7 Å². The average molecular weight is 354 g/mol. The number of fused-ring (bicyclic) bond motifs is 1. The molecule has 2 amide bonds. The molecule has 0 saturated heterocycles. The van der Waals surface area contributed by atoms with Gasteiger partial charge in [0.15, 0.2) is 0 Å². The van der Waals surface area contributed by atoms with E-state index >= 15 is 0 Å². The van der Waals surface area contributed by atoms with Gasteiger partial charge in [0.1, 0.15) is 0 Å². The summed E-state index contributed by atoms with van der Waals surface area (Å²) < 4.78 is 2.91. The first-order valence-electron chi connectivity index (χ1n) is 8.10. The molecule has 9 heteroatoms. The van der Waals surface area contributed by atoms with E-state index in [0.717, 1.165) is 0 Å². The number of carbonyl (C=O) groups is 2. The Labute approximate surface area is 148 Å². The van der Waals surface area contributed by atoms with E-state index in [-0.39, 0.29) is 17.4 Å². The first-order valence-corrected chi connectivity index (χ1v) is 8.10. The molecule has 2 N–H and O–H groups in total. The second-order valence-corrected chi connectivity index (χ2v) is 5.68. The van der Waals surface area contributed by atoms with Crippen LogP contribution in [0, 0.1) is 0 Å². The van der Waals surface area contributed by atoms with Crippen LogP contribution in [-0.4, -0.2) is 37.8 Å². The molecule has 0 radical (unpaired) electrons. The minimum absolute atomic E-state index is 0.174. The fourth-order valence-electron chi connectivity index (χ4n) is 2.52. The summed E-state index contributed by atoms with van der Waals surface area (Å²) in [7, 11) is 0. The topological polar surface area (TPSA) is 110 Å². The predicted octanol–water partition coefficient (Wildman–Crippen LogP) is 0.669. The van der Waals surface area contributed by atoms with Gasteiger partial charge in [0.05, 0.1) is 17.3 Å². The fraction of sp³-hybridized carbons (Fsp3) is 0.235. The number of hydrogen-bond acceptors (Lipinski definition) is 5. The standard InChI is InChI=1S/C17H18N6O3/c1-12(24)21-13-5-9-22-15(10-13)14(11-20-22)17(26)18-6-3-8-23-16(25)4-2-7-19-23/h2,4-5,7,9-11H,3,6,8H2,1H3,(H,18,26)(H,21,24). The van der Waals surface area contributed by atoms with Crippen molar-refractivity contribution in [2.24, 2.45) is 0 Å². The molecule has 0 spiro atoms. The predicted molar refractivity (Wildman–Crippen MR) is 94.9 cm³/mol. The van der Waals surface area contributed by atoms with E-state index < -0.39 is 0 Å². The lowest BCUT2D eigenvalue weighted by atomic mass is 10.2. The van der Waals surface area contributed by atoms with E-state index in [2.05, 4.69) is 20.8 Å². The SMILES string of the molecule is CC(=O)Nc1ccn2ncc(C(=O)NCCCn3ncccc3=O)c2c1. The number of nitrogens with zero attached hydrogens (tertiary/aromatic N) is 4. The largest absolute Gasteiger partial charge is 0.352 e. The Morgan fingerprint density at radius 3 is 2.85 bits per heavy atom. The molecular formula is C17H18N6O3. The second kappa shape index (κ2) is 7.60. The molecule has 0 aliphatic heterocycles. The van der Waals surface area contributed by atoms with Crippen molar-refractivity contribution in [3.63, 3.8) is 0 Å². The first-order chi connectivity index (χ1) is 12.5. The number of carbonyl (C=O) groups excluding carboxylic acids is 2. The maximum atomic E-state index is 12.4. The molecule has 0 aliphatic rings. The van der Waals surface area contributed by atoms with Gasteiger partial charge in [-0.1, -0.05) is 0 Å². The van der Waals surface area contributed by atoms with Crippen molar-refractivity contribution in [2.45, 2.75) is 19.9 Å². The Morgan fingerprint density at radius 1 is 1.23 bits per heavy atom. The maximum Gasteiger partial charge on any atom is 0.266 e. The zero-order valence-corrected chi connectivity index (χ0v) is 14.2. The molecule has 3 rings (SSSR count). The maximum absolute atomic E-state index is 12.4. The van der Waals surface area contributed by atoms with Crippen LogP contribution in [0.3, 0.4) is 0 Å². The summed E-state index contributed by atoms with van der Waals surface area (Å²) in [6.45, 7) is 2.23. The minimum atomic E-state index is -0.270. The van der Waals surface area contributed by atoms with Crippen molar-refractivity contribution >= 4 is 23.0 Å². The Morgan fingerprint density at radius 2 is 2.08 bits per heavy atom. The smallest absolute Gasteiger partial charge is 0.266 e. The summed E-state index contributed by atoms with van der Waals surface area (Å²) in [5.74, 6) is -0.460. The third-order valence-electron chi connectivity index (χ3n) is 3.70. The van der Waals surface area contributed by atoms with Gasteiger partial charge in [-0.15, -0.1) is 0 Å². The van der Waals surface area contributed by atoms with Gasteiger partial charge in [0.25, 0.3) is 11.5 Å². The van der Waals surface area contributed by atoms with E-state index in [4.69, 9.17) is 0 Å². The Balaban J connectivity index is 1.63. The lowest BCUT2D eigenvalue weighted by Gasteiger charge is -2.06. The number of amides is 2. The van der Waals surface area contributed by atoms with Gasteiger partial charge in [0.2, 0.25) is 5.91 Å². The van der Waals surface area contributed by atoms with Crippen molar-refractivity contribution in [2.75, 3.05) is 11.9 Å². The number of hydrogen-bond donors (Lipinski definition) is 2. The van der Waals surface area contributed by atoms with E-state index in [1.54, 1.807) is 35.1 Å². The van der Waals surface area contributed by atoms with E-state index in [9.17, 15) is 14.4 Å².